The van der Waals surface area contributed by atoms with Crippen molar-refractivity contribution in [1.29, 1.82) is 0 Å². The first-order valence-electron chi connectivity index (χ1n) is 8.51. The summed E-state index contributed by atoms with van der Waals surface area (Å²) in [5, 5.41) is 20.8. The Morgan fingerprint density at radius 2 is 1.71 bits per heavy atom. The number of hydrogen-bond donors (Lipinski definition) is 1. The van der Waals surface area contributed by atoms with Crippen LogP contribution in [0.1, 0.15) is 29.2 Å². The number of nitrogens with zero attached hydrogens (tertiary/aromatic N) is 2. The second-order valence-corrected chi connectivity index (χ2v) is 8.51. The zero-order valence-electron chi connectivity index (χ0n) is 16.0. The normalized spacial score (nSPS) is 12.8. The van der Waals surface area contributed by atoms with E-state index in [0.717, 1.165) is 9.87 Å². The average molecular weight is 406 g/mol. The summed E-state index contributed by atoms with van der Waals surface area (Å²) in [6.07, 6.45) is 0. The number of aliphatic carboxylic acids is 1. The Balaban J connectivity index is 2.65. The third-order valence-electron chi connectivity index (χ3n) is 4.48. The molecule has 150 valence electrons. The number of nitro groups is 1. The van der Waals surface area contributed by atoms with E-state index >= 15 is 0 Å². The van der Waals surface area contributed by atoms with Crippen LogP contribution in [-0.4, -0.2) is 34.8 Å². The number of benzene rings is 2. The van der Waals surface area contributed by atoms with Gasteiger partial charge < -0.3 is 5.11 Å². The van der Waals surface area contributed by atoms with Gasteiger partial charge in [0.2, 0.25) is 10.0 Å². The van der Waals surface area contributed by atoms with Gasteiger partial charge in [-0.1, -0.05) is 35.9 Å². The summed E-state index contributed by atoms with van der Waals surface area (Å²) in [6, 6.07) is 7.68. The van der Waals surface area contributed by atoms with Gasteiger partial charge in [0.05, 0.1) is 9.82 Å². The Labute approximate surface area is 163 Å². The number of rotatable bonds is 7. The number of sulfonamides is 1. The van der Waals surface area contributed by atoms with Gasteiger partial charge in [-0.25, -0.2) is 8.42 Å². The van der Waals surface area contributed by atoms with E-state index in [2.05, 4.69) is 0 Å². The van der Waals surface area contributed by atoms with Crippen molar-refractivity contribution in [2.24, 2.45) is 0 Å². The molecule has 9 heteroatoms. The summed E-state index contributed by atoms with van der Waals surface area (Å²) >= 11 is 0. The predicted molar refractivity (Wildman–Crippen MR) is 104 cm³/mol. The highest BCUT2D eigenvalue weighted by Gasteiger charge is 2.36. The molecule has 0 radical (unpaired) electrons. The molecule has 0 aliphatic rings. The molecule has 0 saturated heterocycles. The number of aryl methyl sites for hydroxylation is 3. The third kappa shape index (κ3) is 4.20. The highest BCUT2D eigenvalue weighted by atomic mass is 32.2. The molecule has 0 spiro atoms. The maximum atomic E-state index is 13.4. The van der Waals surface area contributed by atoms with Gasteiger partial charge in [-0.15, -0.1) is 0 Å². The maximum Gasteiger partial charge on any atom is 0.321 e. The number of carboxylic acids is 1. The number of para-hydroxylation sites is 1. The molecular weight excluding hydrogens is 384 g/mol. The van der Waals surface area contributed by atoms with Crippen molar-refractivity contribution in [3.8, 4) is 0 Å². The lowest BCUT2D eigenvalue weighted by Gasteiger charge is -2.27. The molecule has 0 bridgehead atoms. The van der Waals surface area contributed by atoms with E-state index in [9.17, 15) is 28.4 Å². The number of hydrogen-bond acceptors (Lipinski definition) is 5. The van der Waals surface area contributed by atoms with Crippen molar-refractivity contribution >= 4 is 21.7 Å². The van der Waals surface area contributed by atoms with Crippen molar-refractivity contribution in [2.45, 2.75) is 45.2 Å². The van der Waals surface area contributed by atoms with Crippen LogP contribution in [0.4, 0.5) is 5.69 Å². The van der Waals surface area contributed by atoms with Crippen LogP contribution in [0.5, 0.6) is 0 Å². The third-order valence-corrected chi connectivity index (χ3v) is 6.70. The van der Waals surface area contributed by atoms with Crippen LogP contribution in [-0.2, 0) is 21.4 Å². The minimum atomic E-state index is -4.23. The Morgan fingerprint density at radius 3 is 2.21 bits per heavy atom. The average Bonchev–Trinajstić information content (AvgIpc) is 2.57. The molecule has 8 nitrogen and oxygen atoms in total. The molecule has 0 saturated carbocycles. The summed E-state index contributed by atoms with van der Waals surface area (Å²) < 4.78 is 27.6. The van der Waals surface area contributed by atoms with Crippen LogP contribution >= 0.6 is 0 Å². The predicted octanol–water partition coefficient (Wildman–Crippen LogP) is 3.18. The van der Waals surface area contributed by atoms with Gasteiger partial charge in [-0.3, -0.25) is 14.9 Å². The molecular formula is C19H22N2O6S. The molecule has 1 N–H and O–H groups in total. The quantitative estimate of drug-likeness (QED) is 0.557. The fourth-order valence-electron chi connectivity index (χ4n) is 3.23. The zero-order chi connectivity index (χ0) is 21.2. The first-order valence-corrected chi connectivity index (χ1v) is 9.95. The lowest BCUT2D eigenvalue weighted by atomic mass is 10.1. The Bertz CT molecular complexity index is 1010. The number of carbonyl (C=O) groups is 1. The van der Waals surface area contributed by atoms with Crippen LogP contribution in [0.25, 0.3) is 0 Å². The lowest BCUT2D eigenvalue weighted by molar-refractivity contribution is -0.385. The minimum Gasteiger partial charge on any atom is -0.480 e. The van der Waals surface area contributed by atoms with Gasteiger partial charge in [0.15, 0.2) is 0 Å². The van der Waals surface area contributed by atoms with Crippen LogP contribution < -0.4 is 0 Å². The van der Waals surface area contributed by atoms with E-state index < -0.39 is 33.5 Å². The van der Waals surface area contributed by atoms with Crippen LogP contribution in [0.15, 0.2) is 41.3 Å². The van der Waals surface area contributed by atoms with Gasteiger partial charge in [0, 0.05) is 18.2 Å². The second kappa shape index (κ2) is 8.07. The Kier molecular flexibility index (Phi) is 6.20. The van der Waals surface area contributed by atoms with E-state index in [0.29, 0.717) is 11.1 Å². The van der Waals surface area contributed by atoms with Gasteiger partial charge in [-0.2, -0.15) is 4.31 Å². The summed E-state index contributed by atoms with van der Waals surface area (Å²) in [6.45, 7) is 5.93. The van der Waals surface area contributed by atoms with Crippen molar-refractivity contribution in [2.75, 3.05) is 0 Å². The highest BCUT2D eigenvalue weighted by Crippen LogP contribution is 2.29. The van der Waals surface area contributed by atoms with Crippen LogP contribution in [0.3, 0.4) is 0 Å². The highest BCUT2D eigenvalue weighted by molar-refractivity contribution is 7.89. The Morgan fingerprint density at radius 1 is 1.18 bits per heavy atom. The SMILES string of the molecule is Cc1cc(C)c(S(=O)(=O)N(Cc2ccccc2[N+](=O)[O-])C(C)C(=O)O)c(C)c1. The topological polar surface area (TPSA) is 118 Å². The molecule has 0 aliphatic heterocycles. The van der Waals surface area contributed by atoms with E-state index in [-0.39, 0.29) is 16.1 Å². The van der Waals surface area contributed by atoms with E-state index in [1.54, 1.807) is 32.0 Å². The molecule has 0 aromatic heterocycles. The zero-order valence-corrected chi connectivity index (χ0v) is 16.9. The number of carboxylic acid groups (broad SMARTS) is 1. The fraction of sp³-hybridized carbons (Fsp3) is 0.316. The van der Waals surface area contributed by atoms with Crippen molar-refractivity contribution in [3.05, 3.63) is 68.8 Å². The van der Waals surface area contributed by atoms with Crippen LogP contribution in [0.2, 0.25) is 0 Å². The van der Waals surface area contributed by atoms with E-state index in [1.165, 1.54) is 25.1 Å². The molecule has 0 aliphatic carbocycles. The first kappa shape index (κ1) is 21.5. The van der Waals surface area contributed by atoms with Crippen molar-refractivity contribution in [3.63, 3.8) is 0 Å². The smallest absolute Gasteiger partial charge is 0.321 e. The number of nitro benzene ring substituents is 1. The molecule has 2 rings (SSSR count). The molecule has 2 aromatic carbocycles. The summed E-state index contributed by atoms with van der Waals surface area (Å²) in [4.78, 5) is 22.3. The van der Waals surface area contributed by atoms with E-state index in [1.807, 2.05) is 6.92 Å². The summed E-state index contributed by atoms with van der Waals surface area (Å²) in [5.41, 5.74) is 1.71. The monoisotopic (exact) mass is 406 g/mol. The van der Waals surface area contributed by atoms with Gasteiger partial charge in [-0.05, 0) is 38.8 Å². The Hall–Kier alpha value is -2.78. The van der Waals surface area contributed by atoms with Gasteiger partial charge in [0.1, 0.15) is 6.04 Å². The molecule has 1 atom stereocenters. The molecule has 2 aromatic rings. The fourth-order valence-corrected chi connectivity index (χ4v) is 5.22. The molecule has 0 amide bonds. The van der Waals surface area contributed by atoms with Gasteiger partial charge >= 0.3 is 5.97 Å². The second-order valence-electron chi connectivity index (χ2n) is 6.68. The summed E-state index contributed by atoms with van der Waals surface area (Å²) in [7, 11) is -4.23. The molecule has 1 unspecified atom stereocenters. The standard InChI is InChI=1S/C19H22N2O6S/c1-12-9-13(2)18(14(3)10-12)28(26,27)20(15(4)19(22)23)11-16-7-5-6-8-17(16)21(24)25/h5-10,15H,11H2,1-4H3,(H,22,23). The maximum absolute atomic E-state index is 13.4. The van der Waals surface area contributed by atoms with Gasteiger partial charge in [0.25, 0.3) is 5.69 Å². The molecule has 28 heavy (non-hydrogen) atoms. The van der Waals surface area contributed by atoms with Crippen molar-refractivity contribution < 1.29 is 23.2 Å². The first-order chi connectivity index (χ1) is 13.0. The summed E-state index contributed by atoms with van der Waals surface area (Å²) in [5.74, 6) is -1.34. The van der Waals surface area contributed by atoms with Crippen molar-refractivity contribution in [1.82, 2.24) is 4.31 Å². The molecule has 0 heterocycles. The van der Waals surface area contributed by atoms with E-state index in [4.69, 9.17) is 0 Å². The lowest BCUT2D eigenvalue weighted by Crippen LogP contribution is -2.43. The van der Waals surface area contributed by atoms with Crippen LogP contribution in [0, 0.1) is 30.9 Å². The molecule has 0 fully saturated rings. The minimum absolute atomic E-state index is 0.0183. The largest absolute Gasteiger partial charge is 0.480 e.